The lowest BCUT2D eigenvalue weighted by Gasteiger charge is -2.67. The van der Waals surface area contributed by atoms with Crippen molar-refractivity contribution in [1.82, 2.24) is 0 Å². The Balaban J connectivity index is 1.53. The first-order valence-corrected chi connectivity index (χ1v) is 15.1. The van der Waals surface area contributed by atoms with Crippen molar-refractivity contribution >= 4 is 23.3 Å². The SMILES string of the molecule is CC[C@@]1(C)C(=O)CCCC[C@]2(C)C3=C4[C@H](CC12)C[C@]41C(=O)CC([C@@H](O)C[C@H](O)CC(C)C(=O)O)C1(C)CC3=O. The lowest BCUT2D eigenvalue weighted by atomic mass is 9.35. The van der Waals surface area contributed by atoms with Gasteiger partial charge in [0.2, 0.25) is 0 Å². The third-order valence-electron chi connectivity index (χ3n) is 12.5. The summed E-state index contributed by atoms with van der Waals surface area (Å²) in [7, 11) is 0. The van der Waals surface area contributed by atoms with Crippen LogP contribution in [0.15, 0.2) is 11.1 Å². The fourth-order valence-electron chi connectivity index (χ4n) is 10.2. The van der Waals surface area contributed by atoms with Crippen LogP contribution in [0.4, 0.5) is 0 Å². The van der Waals surface area contributed by atoms with E-state index in [1.54, 1.807) is 0 Å². The van der Waals surface area contributed by atoms with Crippen LogP contribution in [0.5, 0.6) is 0 Å². The van der Waals surface area contributed by atoms with Crippen molar-refractivity contribution in [3.63, 3.8) is 0 Å². The molecular formula is C32H46O7. The Labute approximate surface area is 231 Å². The van der Waals surface area contributed by atoms with E-state index in [-0.39, 0.29) is 49.1 Å². The highest BCUT2D eigenvalue weighted by Gasteiger charge is 2.76. The van der Waals surface area contributed by atoms with Gasteiger partial charge in [-0.2, -0.15) is 0 Å². The minimum absolute atomic E-state index is 0.0124. The van der Waals surface area contributed by atoms with Crippen molar-refractivity contribution in [2.24, 2.45) is 45.3 Å². The van der Waals surface area contributed by atoms with Crippen LogP contribution < -0.4 is 0 Å². The molecule has 0 saturated heterocycles. The molecule has 4 unspecified atom stereocenters. The predicted molar refractivity (Wildman–Crippen MR) is 145 cm³/mol. The third kappa shape index (κ3) is 3.74. The maximum atomic E-state index is 14.2. The van der Waals surface area contributed by atoms with Gasteiger partial charge in [-0.15, -0.1) is 0 Å². The number of carbonyl (C=O) groups excluding carboxylic acids is 3. The summed E-state index contributed by atoms with van der Waals surface area (Å²) < 4.78 is 0. The normalized spacial score (nSPS) is 43.9. The number of hydrogen-bond donors (Lipinski definition) is 3. The second-order valence-corrected chi connectivity index (χ2v) is 14.4. The van der Waals surface area contributed by atoms with E-state index in [1.807, 2.05) is 6.92 Å². The van der Waals surface area contributed by atoms with E-state index in [0.717, 1.165) is 43.3 Å². The Bertz CT molecular complexity index is 1140. The Morgan fingerprint density at radius 2 is 1.74 bits per heavy atom. The molecule has 3 fully saturated rings. The fourth-order valence-corrected chi connectivity index (χ4v) is 10.2. The molecule has 1 spiro atoms. The first-order chi connectivity index (χ1) is 18.2. The van der Waals surface area contributed by atoms with Crippen molar-refractivity contribution in [3.05, 3.63) is 11.1 Å². The molecule has 0 amide bonds. The van der Waals surface area contributed by atoms with Crippen molar-refractivity contribution in [2.45, 2.75) is 117 Å². The van der Waals surface area contributed by atoms with Crippen LogP contribution in [0.1, 0.15) is 105 Å². The number of aliphatic carboxylic acids is 1. The predicted octanol–water partition coefficient (Wildman–Crippen LogP) is 4.67. The molecule has 216 valence electrons. The Morgan fingerprint density at radius 1 is 1.05 bits per heavy atom. The van der Waals surface area contributed by atoms with Gasteiger partial charge in [0.25, 0.3) is 0 Å². The number of Topliss-reactive ketones (excluding diaryl/α,β-unsaturated/α-hetero) is 3. The summed E-state index contributed by atoms with van der Waals surface area (Å²) in [5.74, 6) is -1.55. The van der Waals surface area contributed by atoms with E-state index < -0.39 is 51.7 Å². The standard InChI is InChI=1S/C32H46O7/c1-6-29(3)23-12-18-15-32-25(37)14-20(21(34)13-19(33)11-17(2)28(38)39)31(32,5)16-22(35)27(26(18)32)30(23,4)10-8-7-9-24(29)36/h17-21,23,33-34H,6-16H2,1-5H3,(H,38,39)/t17?,18-,19-,20?,21+,23?,29-,30+,31?,32+/m1/s1. The lowest BCUT2D eigenvalue weighted by molar-refractivity contribution is -0.153. The highest BCUT2D eigenvalue weighted by Crippen LogP contribution is 2.78. The van der Waals surface area contributed by atoms with Crippen LogP contribution in [0.3, 0.4) is 0 Å². The Morgan fingerprint density at radius 3 is 2.38 bits per heavy atom. The van der Waals surface area contributed by atoms with E-state index in [4.69, 9.17) is 0 Å². The smallest absolute Gasteiger partial charge is 0.306 e. The van der Waals surface area contributed by atoms with Crippen molar-refractivity contribution in [1.29, 1.82) is 0 Å². The maximum Gasteiger partial charge on any atom is 0.306 e. The highest BCUT2D eigenvalue weighted by atomic mass is 16.4. The molecule has 3 N–H and O–H groups in total. The Kier molecular flexibility index (Phi) is 6.86. The number of aliphatic hydroxyl groups is 2. The van der Waals surface area contributed by atoms with Crippen LogP contribution in [-0.2, 0) is 19.2 Å². The molecule has 0 bridgehead atoms. The molecule has 0 aromatic heterocycles. The Hall–Kier alpha value is -1.86. The number of aliphatic hydroxyl groups excluding tert-OH is 2. The second-order valence-electron chi connectivity index (χ2n) is 14.4. The quantitative estimate of drug-likeness (QED) is 0.426. The number of rotatable bonds is 7. The van der Waals surface area contributed by atoms with Gasteiger partial charge in [-0.1, -0.05) is 41.0 Å². The molecule has 0 radical (unpaired) electrons. The van der Waals surface area contributed by atoms with Gasteiger partial charge in [-0.3, -0.25) is 19.2 Å². The van der Waals surface area contributed by atoms with Crippen LogP contribution in [-0.4, -0.2) is 50.8 Å². The first-order valence-electron chi connectivity index (χ1n) is 15.1. The first kappa shape index (κ1) is 28.7. The van der Waals surface area contributed by atoms with Gasteiger partial charge >= 0.3 is 5.97 Å². The summed E-state index contributed by atoms with van der Waals surface area (Å²) in [4.78, 5) is 52.9. The topological polar surface area (TPSA) is 129 Å². The molecule has 5 aliphatic rings. The zero-order chi connectivity index (χ0) is 28.7. The van der Waals surface area contributed by atoms with Gasteiger partial charge in [0.1, 0.15) is 11.6 Å². The van der Waals surface area contributed by atoms with E-state index >= 15 is 0 Å². The summed E-state index contributed by atoms with van der Waals surface area (Å²) in [6, 6.07) is 0. The van der Waals surface area contributed by atoms with Gasteiger partial charge < -0.3 is 15.3 Å². The monoisotopic (exact) mass is 542 g/mol. The molecule has 10 atom stereocenters. The third-order valence-corrected chi connectivity index (χ3v) is 12.5. The number of ketones is 3. The molecule has 5 rings (SSSR count). The average Bonchev–Trinajstić information content (AvgIpc) is 3.08. The van der Waals surface area contributed by atoms with Gasteiger partial charge in [0.05, 0.1) is 23.5 Å². The van der Waals surface area contributed by atoms with Gasteiger partial charge in [-0.25, -0.2) is 0 Å². The molecule has 5 aliphatic carbocycles. The average molecular weight is 543 g/mol. The number of fused-ring (bicyclic) bond motifs is 2. The van der Waals surface area contributed by atoms with Crippen LogP contribution in [0.25, 0.3) is 0 Å². The molecule has 39 heavy (non-hydrogen) atoms. The summed E-state index contributed by atoms with van der Waals surface area (Å²) in [5, 5.41) is 31.1. The van der Waals surface area contributed by atoms with Crippen LogP contribution in [0, 0.1) is 45.3 Å². The molecular weight excluding hydrogens is 496 g/mol. The summed E-state index contributed by atoms with van der Waals surface area (Å²) >= 11 is 0. The zero-order valence-electron chi connectivity index (χ0n) is 24.2. The van der Waals surface area contributed by atoms with Gasteiger partial charge in [0.15, 0.2) is 5.78 Å². The lowest BCUT2D eigenvalue weighted by Crippen LogP contribution is -2.64. The summed E-state index contributed by atoms with van der Waals surface area (Å²) in [6.07, 6.45) is 3.76. The fraction of sp³-hybridized carbons (Fsp3) is 0.812. The molecule has 0 aromatic carbocycles. The van der Waals surface area contributed by atoms with Crippen molar-refractivity contribution in [3.8, 4) is 0 Å². The van der Waals surface area contributed by atoms with Gasteiger partial charge in [-0.05, 0) is 79.1 Å². The van der Waals surface area contributed by atoms with Crippen LogP contribution >= 0.6 is 0 Å². The molecule has 7 heteroatoms. The van der Waals surface area contributed by atoms with E-state index in [0.29, 0.717) is 18.6 Å². The minimum Gasteiger partial charge on any atom is -0.481 e. The maximum absolute atomic E-state index is 14.2. The molecule has 0 aliphatic heterocycles. The van der Waals surface area contributed by atoms with Gasteiger partial charge in [0, 0.05) is 30.3 Å². The highest BCUT2D eigenvalue weighted by molar-refractivity contribution is 6.06. The molecule has 0 heterocycles. The number of carboxylic acid groups (broad SMARTS) is 1. The van der Waals surface area contributed by atoms with Crippen molar-refractivity contribution < 1.29 is 34.5 Å². The number of carbonyl (C=O) groups is 4. The van der Waals surface area contributed by atoms with Crippen molar-refractivity contribution in [2.75, 3.05) is 0 Å². The molecule has 7 nitrogen and oxygen atoms in total. The summed E-state index contributed by atoms with van der Waals surface area (Å²) in [6.45, 7) is 9.89. The number of carboxylic acids is 1. The molecule has 0 aromatic rings. The largest absolute Gasteiger partial charge is 0.481 e. The van der Waals surface area contributed by atoms with E-state index in [9.17, 15) is 34.5 Å². The second kappa shape index (κ2) is 9.34. The number of hydrogen-bond acceptors (Lipinski definition) is 6. The number of allylic oxidation sites excluding steroid dienone is 2. The summed E-state index contributed by atoms with van der Waals surface area (Å²) in [5.41, 5.74) is -0.568. The van der Waals surface area contributed by atoms with E-state index in [2.05, 4.69) is 20.8 Å². The van der Waals surface area contributed by atoms with Crippen LogP contribution in [0.2, 0.25) is 0 Å². The minimum atomic E-state index is -1.00. The molecule has 3 saturated carbocycles. The zero-order valence-corrected chi connectivity index (χ0v) is 24.2. The van der Waals surface area contributed by atoms with E-state index in [1.165, 1.54) is 6.92 Å².